The minimum Gasteiger partial charge on any atom is -0.351 e. The molecule has 0 aromatic heterocycles. The zero-order valence-corrected chi connectivity index (χ0v) is 15.1. The first-order valence-corrected chi connectivity index (χ1v) is 8.70. The Hall–Kier alpha value is -2.33. The van der Waals surface area contributed by atoms with Crippen LogP contribution in [0.1, 0.15) is 29.5 Å². The van der Waals surface area contributed by atoms with Crippen LogP contribution in [0.15, 0.2) is 42.5 Å². The van der Waals surface area contributed by atoms with Gasteiger partial charge in [-0.3, -0.25) is 9.59 Å². The molecule has 4 nitrogen and oxygen atoms in total. The lowest BCUT2D eigenvalue weighted by Gasteiger charge is -2.17. The van der Waals surface area contributed by atoms with E-state index >= 15 is 0 Å². The number of carbonyl (C=O) groups is 2. The molecule has 0 aliphatic heterocycles. The van der Waals surface area contributed by atoms with Gasteiger partial charge in [0.05, 0.1) is 0 Å². The summed E-state index contributed by atoms with van der Waals surface area (Å²) in [4.78, 5) is 25.2. The molecule has 2 N–H and O–H groups in total. The molecule has 0 saturated heterocycles. The fraction of sp³-hybridized carbons (Fsp3) is 0.300. The summed E-state index contributed by atoms with van der Waals surface area (Å²) in [5.41, 5.74) is 2.65. The highest BCUT2D eigenvalue weighted by atomic mass is 35.5. The van der Waals surface area contributed by atoms with E-state index < -0.39 is 5.41 Å². The van der Waals surface area contributed by atoms with Crippen LogP contribution in [0.3, 0.4) is 0 Å². The molecule has 1 aliphatic carbocycles. The Kier molecular flexibility index (Phi) is 4.82. The molecule has 1 fully saturated rings. The third-order valence-electron chi connectivity index (χ3n) is 4.67. The Morgan fingerprint density at radius 3 is 2.48 bits per heavy atom. The van der Waals surface area contributed by atoms with Crippen LogP contribution in [0.2, 0.25) is 5.02 Å². The van der Waals surface area contributed by atoms with Gasteiger partial charge in [-0.25, -0.2) is 0 Å². The second-order valence-electron chi connectivity index (χ2n) is 6.62. The monoisotopic (exact) mass is 356 g/mol. The van der Waals surface area contributed by atoms with Gasteiger partial charge in [0.2, 0.25) is 11.8 Å². The number of benzene rings is 2. The van der Waals surface area contributed by atoms with Gasteiger partial charge in [-0.05, 0) is 49.9 Å². The van der Waals surface area contributed by atoms with Crippen LogP contribution in [-0.4, -0.2) is 11.8 Å². The maximum atomic E-state index is 12.7. The number of rotatable bonds is 5. The Morgan fingerprint density at radius 2 is 1.80 bits per heavy atom. The van der Waals surface area contributed by atoms with E-state index in [1.165, 1.54) is 0 Å². The predicted octanol–water partition coefficient (Wildman–Crippen LogP) is 3.99. The van der Waals surface area contributed by atoms with Gasteiger partial charge in [0.25, 0.3) is 0 Å². The number of anilines is 1. The van der Waals surface area contributed by atoms with Crippen molar-refractivity contribution in [3.8, 4) is 0 Å². The largest absolute Gasteiger partial charge is 0.351 e. The molecule has 0 bridgehead atoms. The highest BCUT2D eigenvalue weighted by Crippen LogP contribution is 2.47. The number of carbonyl (C=O) groups excluding carboxylic acids is 2. The minimum absolute atomic E-state index is 0.216. The highest BCUT2D eigenvalue weighted by molar-refractivity contribution is 6.31. The van der Waals surface area contributed by atoms with Crippen molar-refractivity contribution in [2.75, 3.05) is 5.32 Å². The second-order valence-corrected chi connectivity index (χ2v) is 7.03. The van der Waals surface area contributed by atoms with Crippen molar-refractivity contribution in [1.82, 2.24) is 5.32 Å². The first-order chi connectivity index (χ1) is 11.9. The van der Waals surface area contributed by atoms with Crippen molar-refractivity contribution in [2.45, 2.75) is 33.2 Å². The highest BCUT2D eigenvalue weighted by Gasteiger charge is 2.56. The Balaban J connectivity index is 1.65. The summed E-state index contributed by atoms with van der Waals surface area (Å²) in [5, 5.41) is 6.34. The molecule has 130 valence electrons. The smallest absolute Gasteiger partial charge is 0.240 e. The van der Waals surface area contributed by atoms with Gasteiger partial charge >= 0.3 is 0 Å². The molecule has 2 aromatic rings. The molecule has 25 heavy (non-hydrogen) atoms. The first-order valence-electron chi connectivity index (χ1n) is 8.33. The Bertz CT molecular complexity index is 828. The lowest BCUT2D eigenvalue weighted by atomic mass is 10.0. The second kappa shape index (κ2) is 6.89. The fourth-order valence-corrected chi connectivity index (χ4v) is 3.02. The van der Waals surface area contributed by atoms with Crippen LogP contribution >= 0.6 is 11.6 Å². The summed E-state index contributed by atoms with van der Waals surface area (Å²) < 4.78 is 0. The lowest BCUT2D eigenvalue weighted by molar-refractivity contribution is -0.134. The van der Waals surface area contributed by atoms with Crippen molar-refractivity contribution in [3.05, 3.63) is 64.2 Å². The zero-order valence-electron chi connectivity index (χ0n) is 14.4. The number of amides is 2. The molecular weight excluding hydrogens is 336 g/mol. The number of hydrogen-bond donors (Lipinski definition) is 2. The molecule has 5 heteroatoms. The molecule has 1 aliphatic rings. The number of nitrogens with one attached hydrogen (secondary N) is 2. The quantitative estimate of drug-likeness (QED) is 0.796. The Morgan fingerprint density at radius 1 is 1.08 bits per heavy atom. The molecule has 3 rings (SSSR count). The maximum Gasteiger partial charge on any atom is 0.240 e. The summed E-state index contributed by atoms with van der Waals surface area (Å²) in [6, 6.07) is 13.3. The van der Waals surface area contributed by atoms with Crippen LogP contribution in [0, 0.1) is 19.3 Å². The predicted molar refractivity (Wildman–Crippen MR) is 99.5 cm³/mol. The molecule has 0 atom stereocenters. The third kappa shape index (κ3) is 3.69. The molecule has 2 aromatic carbocycles. The van der Waals surface area contributed by atoms with E-state index in [1.807, 2.05) is 38.1 Å². The first kappa shape index (κ1) is 17.5. The van der Waals surface area contributed by atoms with Crippen LogP contribution in [-0.2, 0) is 16.1 Å². The van der Waals surface area contributed by atoms with Crippen molar-refractivity contribution in [3.63, 3.8) is 0 Å². The molecule has 0 unspecified atom stereocenters. The third-order valence-corrected chi connectivity index (χ3v) is 5.08. The summed E-state index contributed by atoms with van der Waals surface area (Å²) >= 11 is 6.09. The maximum absolute atomic E-state index is 12.7. The summed E-state index contributed by atoms with van der Waals surface area (Å²) in [7, 11) is 0. The Labute approximate surface area is 152 Å². The van der Waals surface area contributed by atoms with E-state index in [9.17, 15) is 9.59 Å². The van der Waals surface area contributed by atoms with Gasteiger partial charge in [-0.1, -0.05) is 47.5 Å². The van der Waals surface area contributed by atoms with E-state index in [0.717, 1.165) is 16.7 Å². The van der Waals surface area contributed by atoms with E-state index in [4.69, 9.17) is 11.6 Å². The molecule has 2 amide bonds. The van der Waals surface area contributed by atoms with Crippen molar-refractivity contribution in [1.29, 1.82) is 0 Å². The van der Waals surface area contributed by atoms with Crippen LogP contribution < -0.4 is 10.6 Å². The zero-order chi connectivity index (χ0) is 18.0. The van der Waals surface area contributed by atoms with Crippen LogP contribution in [0.4, 0.5) is 5.69 Å². The SMILES string of the molecule is Cc1cccc(CNC(=O)C2(C(=O)Nc3cccc(Cl)c3C)CC2)c1. The van der Waals surface area contributed by atoms with Gasteiger partial charge in [0.1, 0.15) is 5.41 Å². The van der Waals surface area contributed by atoms with E-state index in [1.54, 1.807) is 18.2 Å². The standard InChI is InChI=1S/C20H21ClN2O2/c1-13-5-3-6-15(11-13)12-22-18(24)20(9-10-20)19(25)23-17-8-4-7-16(21)14(17)2/h3-8,11H,9-10,12H2,1-2H3,(H,22,24)(H,23,25). The van der Waals surface area contributed by atoms with E-state index in [0.29, 0.717) is 30.1 Å². The van der Waals surface area contributed by atoms with Crippen molar-refractivity contribution in [2.24, 2.45) is 5.41 Å². The van der Waals surface area contributed by atoms with Crippen molar-refractivity contribution >= 4 is 29.1 Å². The minimum atomic E-state index is -0.960. The summed E-state index contributed by atoms with van der Waals surface area (Å²) in [6.45, 7) is 4.27. The van der Waals surface area contributed by atoms with Gasteiger partial charge in [-0.2, -0.15) is 0 Å². The topological polar surface area (TPSA) is 58.2 Å². The number of halogens is 1. The average Bonchev–Trinajstić information content (AvgIpc) is 3.39. The number of aryl methyl sites for hydroxylation is 1. The molecular formula is C20H21ClN2O2. The molecule has 0 heterocycles. The lowest BCUT2D eigenvalue weighted by Crippen LogP contribution is -2.39. The van der Waals surface area contributed by atoms with Crippen LogP contribution in [0.25, 0.3) is 0 Å². The number of hydrogen-bond acceptors (Lipinski definition) is 2. The fourth-order valence-electron chi connectivity index (χ4n) is 2.84. The molecule has 0 radical (unpaired) electrons. The van der Waals surface area contributed by atoms with Gasteiger partial charge in [-0.15, -0.1) is 0 Å². The van der Waals surface area contributed by atoms with Gasteiger partial charge in [0.15, 0.2) is 0 Å². The van der Waals surface area contributed by atoms with Gasteiger partial charge < -0.3 is 10.6 Å². The van der Waals surface area contributed by atoms with E-state index in [-0.39, 0.29) is 11.8 Å². The molecule has 1 saturated carbocycles. The van der Waals surface area contributed by atoms with Crippen molar-refractivity contribution < 1.29 is 9.59 Å². The normalized spacial score (nSPS) is 14.7. The van der Waals surface area contributed by atoms with Crippen LogP contribution in [0.5, 0.6) is 0 Å². The molecule has 0 spiro atoms. The van der Waals surface area contributed by atoms with Gasteiger partial charge in [0, 0.05) is 17.3 Å². The summed E-state index contributed by atoms with van der Waals surface area (Å²) in [6.07, 6.45) is 1.14. The van der Waals surface area contributed by atoms with E-state index in [2.05, 4.69) is 10.6 Å². The average molecular weight is 357 g/mol. The summed E-state index contributed by atoms with van der Waals surface area (Å²) in [5.74, 6) is -0.481.